The van der Waals surface area contributed by atoms with E-state index in [-0.39, 0.29) is 6.04 Å². The summed E-state index contributed by atoms with van der Waals surface area (Å²) < 4.78 is 6.03. The maximum Gasteiger partial charge on any atom is 0.0897 e. The molecule has 0 saturated heterocycles. The molecule has 2 N–H and O–H groups in total. The number of ether oxygens (including phenoxy) is 1. The highest BCUT2D eigenvalue weighted by Gasteiger charge is 2.50. The fourth-order valence-corrected chi connectivity index (χ4v) is 6.11. The van der Waals surface area contributed by atoms with Gasteiger partial charge < -0.3 is 15.2 Å². The van der Waals surface area contributed by atoms with Gasteiger partial charge in [-0.3, -0.25) is 0 Å². The van der Waals surface area contributed by atoms with Crippen LogP contribution in [0.5, 0.6) is 0 Å². The van der Waals surface area contributed by atoms with Crippen LogP contribution in [-0.4, -0.2) is 31.0 Å². The molecule has 4 aliphatic carbocycles. The van der Waals surface area contributed by atoms with Gasteiger partial charge in [0.2, 0.25) is 0 Å². The molecule has 3 heteroatoms. The second-order valence-corrected chi connectivity index (χ2v) is 9.13. The molecule has 4 bridgehead atoms. The largest absolute Gasteiger partial charge is 0.389 e. The molecule has 0 radical (unpaired) electrons. The molecule has 0 aromatic heterocycles. The van der Waals surface area contributed by atoms with Gasteiger partial charge in [-0.15, -0.1) is 0 Å². The van der Waals surface area contributed by atoms with E-state index in [1.54, 1.807) is 0 Å². The first-order valence-electron chi connectivity index (χ1n) is 10.2. The minimum Gasteiger partial charge on any atom is -0.389 e. The highest BCUT2D eigenvalue weighted by atomic mass is 16.5. The quantitative estimate of drug-likeness (QED) is 0.751. The Hall–Kier alpha value is -0.900. The van der Waals surface area contributed by atoms with E-state index in [0.29, 0.717) is 18.6 Å². The summed E-state index contributed by atoms with van der Waals surface area (Å²) in [6.45, 7) is 4.04. The van der Waals surface area contributed by atoms with Gasteiger partial charge in [0.05, 0.1) is 19.3 Å². The zero-order valence-electron chi connectivity index (χ0n) is 15.5. The van der Waals surface area contributed by atoms with Crippen LogP contribution in [0.4, 0.5) is 0 Å². The van der Waals surface area contributed by atoms with Crippen LogP contribution in [0.25, 0.3) is 0 Å². The first-order valence-corrected chi connectivity index (χ1v) is 10.2. The average Bonchev–Trinajstić information content (AvgIpc) is 2.59. The molecule has 0 amide bonds. The third-order valence-corrected chi connectivity index (χ3v) is 6.84. The number of nitrogens with one attached hydrogen (secondary N) is 1. The summed E-state index contributed by atoms with van der Waals surface area (Å²) in [4.78, 5) is 0. The van der Waals surface area contributed by atoms with Crippen LogP contribution in [-0.2, 0) is 4.74 Å². The summed E-state index contributed by atoms with van der Waals surface area (Å²) in [5, 5.41) is 13.7. The highest BCUT2D eigenvalue weighted by molar-refractivity contribution is 5.18. The number of benzene rings is 1. The van der Waals surface area contributed by atoms with Gasteiger partial charge >= 0.3 is 0 Å². The monoisotopic (exact) mass is 343 g/mol. The van der Waals surface area contributed by atoms with Crippen LogP contribution in [0, 0.1) is 23.2 Å². The van der Waals surface area contributed by atoms with Crippen LogP contribution >= 0.6 is 0 Å². The van der Waals surface area contributed by atoms with E-state index in [4.69, 9.17) is 4.74 Å². The molecule has 0 heterocycles. The standard InChI is InChI=1S/C22H33NO2/c1-16(20-5-3-2-4-6-20)23-13-21(24)14-25-15-22-10-17-7-18(11-22)9-19(8-17)12-22/h2-6,16-19,21,23-24H,7-15H2,1H3. The minimum absolute atomic E-state index is 0.249. The zero-order chi connectivity index (χ0) is 17.3. The van der Waals surface area contributed by atoms with E-state index in [9.17, 15) is 5.11 Å². The Bertz CT molecular complexity index is 523. The summed E-state index contributed by atoms with van der Waals surface area (Å²) in [6, 6.07) is 10.6. The summed E-state index contributed by atoms with van der Waals surface area (Å²) in [7, 11) is 0. The normalized spacial score (nSPS) is 35.7. The molecule has 4 aliphatic rings. The summed E-state index contributed by atoms with van der Waals surface area (Å²) in [5.41, 5.74) is 1.70. The van der Waals surface area contributed by atoms with E-state index in [2.05, 4.69) is 36.5 Å². The molecule has 25 heavy (non-hydrogen) atoms. The Labute approximate surface area is 152 Å². The Kier molecular flexibility index (Phi) is 5.17. The fraction of sp³-hybridized carbons (Fsp3) is 0.727. The Balaban J connectivity index is 1.19. The van der Waals surface area contributed by atoms with Crippen molar-refractivity contribution >= 4 is 0 Å². The lowest BCUT2D eigenvalue weighted by molar-refractivity contribution is -0.105. The number of aliphatic hydroxyl groups excluding tert-OH is 1. The second-order valence-electron chi connectivity index (χ2n) is 9.13. The van der Waals surface area contributed by atoms with Crippen LogP contribution in [0.15, 0.2) is 30.3 Å². The van der Waals surface area contributed by atoms with Crippen molar-refractivity contribution in [3.05, 3.63) is 35.9 Å². The molecule has 3 nitrogen and oxygen atoms in total. The Morgan fingerprint density at radius 1 is 1.08 bits per heavy atom. The van der Waals surface area contributed by atoms with E-state index >= 15 is 0 Å². The average molecular weight is 344 g/mol. The lowest BCUT2D eigenvalue weighted by atomic mass is 9.50. The Morgan fingerprint density at radius 3 is 2.28 bits per heavy atom. The van der Waals surface area contributed by atoms with Gasteiger partial charge in [0.25, 0.3) is 0 Å². The highest BCUT2D eigenvalue weighted by Crippen LogP contribution is 2.60. The molecule has 0 aliphatic heterocycles. The maximum absolute atomic E-state index is 10.3. The first-order chi connectivity index (χ1) is 12.1. The molecule has 4 saturated carbocycles. The molecule has 0 spiro atoms. The van der Waals surface area contributed by atoms with Crippen molar-refractivity contribution in [2.24, 2.45) is 23.2 Å². The van der Waals surface area contributed by atoms with Gasteiger partial charge in [-0.05, 0) is 74.2 Å². The Morgan fingerprint density at radius 2 is 1.68 bits per heavy atom. The van der Waals surface area contributed by atoms with E-state index in [0.717, 1.165) is 24.4 Å². The van der Waals surface area contributed by atoms with Crippen molar-refractivity contribution in [2.45, 2.75) is 57.6 Å². The maximum atomic E-state index is 10.3. The number of aliphatic hydroxyl groups is 1. The van der Waals surface area contributed by atoms with Gasteiger partial charge in [0.1, 0.15) is 0 Å². The van der Waals surface area contributed by atoms with E-state index in [1.807, 2.05) is 6.07 Å². The zero-order valence-corrected chi connectivity index (χ0v) is 15.5. The molecule has 2 unspecified atom stereocenters. The summed E-state index contributed by atoms with van der Waals surface area (Å²) in [5.74, 6) is 2.90. The predicted molar refractivity (Wildman–Crippen MR) is 100 cm³/mol. The molecule has 1 aromatic carbocycles. The predicted octanol–water partition coefficient (Wildman–Crippen LogP) is 3.93. The molecule has 5 rings (SSSR count). The second kappa shape index (κ2) is 7.38. The van der Waals surface area contributed by atoms with Crippen LogP contribution in [0.3, 0.4) is 0 Å². The number of hydrogen-bond acceptors (Lipinski definition) is 3. The number of rotatable bonds is 8. The van der Waals surface area contributed by atoms with Crippen molar-refractivity contribution in [3.8, 4) is 0 Å². The van der Waals surface area contributed by atoms with E-state index < -0.39 is 6.10 Å². The molecule has 1 aromatic rings. The van der Waals surface area contributed by atoms with Crippen LogP contribution in [0.1, 0.15) is 57.1 Å². The van der Waals surface area contributed by atoms with E-state index in [1.165, 1.54) is 44.1 Å². The van der Waals surface area contributed by atoms with Crippen molar-refractivity contribution in [2.75, 3.05) is 19.8 Å². The fourth-order valence-electron chi connectivity index (χ4n) is 6.11. The molecule has 2 atom stereocenters. The van der Waals surface area contributed by atoms with Gasteiger partial charge in [0, 0.05) is 12.6 Å². The lowest BCUT2D eigenvalue weighted by Gasteiger charge is -2.56. The van der Waals surface area contributed by atoms with Crippen molar-refractivity contribution in [1.82, 2.24) is 5.32 Å². The first kappa shape index (κ1) is 17.5. The smallest absolute Gasteiger partial charge is 0.0897 e. The molecular formula is C22H33NO2. The topological polar surface area (TPSA) is 41.5 Å². The molecular weight excluding hydrogens is 310 g/mol. The van der Waals surface area contributed by atoms with Gasteiger partial charge in [-0.1, -0.05) is 30.3 Å². The van der Waals surface area contributed by atoms with Gasteiger partial charge in [-0.2, -0.15) is 0 Å². The molecule has 4 fully saturated rings. The van der Waals surface area contributed by atoms with Crippen LogP contribution in [0.2, 0.25) is 0 Å². The lowest BCUT2D eigenvalue weighted by Crippen LogP contribution is -2.48. The third kappa shape index (κ3) is 4.10. The van der Waals surface area contributed by atoms with Crippen molar-refractivity contribution in [1.29, 1.82) is 0 Å². The van der Waals surface area contributed by atoms with Gasteiger partial charge in [-0.25, -0.2) is 0 Å². The summed E-state index contributed by atoms with van der Waals surface area (Å²) in [6.07, 6.45) is 8.12. The third-order valence-electron chi connectivity index (χ3n) is 6.84. The van der Waals surface area contributed by atoms with Crippen molar-refractivity contribution in [3.63, 3.8) is 0 Å². The van der Waals surface area contributed by atoms with Gasteiger partial charge in [0.15, 0.2) is 0 Å². The van der Waals surface area contributed by atoms with Crippen LogP contribution < -0.4 is 5.32 Å². The number of hydrogen-bond donors (Lipinski definition) is 2. The minimum atomic E-state index is -0.430. The summed E-state index contributed by atoms with van der Waals surface area (Å²) >= 11 is 0. The van der Waals surface area contributed by atoms with Crippen molar-refractivity contribution < 1.29 is 9.84 Å². The SMILES string of the molecule is CC(NCC(O)COCC12CC3CC(CC(C3)C1)C2)c1ccccc1. The molecule has 138 valence electrons.